The number of hydrogen-bond donors (Lipinski definition) is 3. The molecule has 2 fully saturated rings. The van der Waals surface area contributed by atoms with Gasteiger partial charge in [0.05, 0.1) is 6.42 Å². The van der Waals surface area contributed by atoms with Gasteiger partial charge in [0.15, 0.2) is 0 Å². The fourth-order valence-corrected chi connectivity index (χ4v) is 3.03. The van der Waals surface area contributed by atoms with E-state index in [2.05, 4.69) is 5.32 Å². The summed E-state index contributed by atoms with van der Waals surface area (Å²) in [6, 6.07) is -0.211. The summed E-state index contributed by atoms with van der Waals surface area (Å²) in [6.07, 6.45) is 7.56. The zero-order chi connectivity index (χ0) is 13.9. The number of aliphatic carboxylic acids is 1. The van der Waals surface area contributed by atoms with Crippen LogP contribution in [0.1, 0.15) is 57.8 Å². The smallest absolute Gasteiger partial charge is 0.305 e. The van der Waals surface area contributed by atoms with E-state index in [1.165, 1.54) is 6.42 Å². The van der Waals surface area contributed by atoms with Gasteiger partial charge in [0.1, 0.15) is 0 Å². The van der Waals surface area contributed by atoms with Crippen molar-refractivity contribution in [1.82, 2.24) is 5.32 Å². The van der Waals surface area contributed by atoms with E-state index in [1.807, 2.05) is 0 Å². The van der Waals surface area contributed by atoms with Crippen molar-refractivity contribution in [3.05, 3.63) is 0 Å². The predicted molar refractivity (Wildman–Crippen MR) is 71.5 cm³/mol. The molecule has 2 saturated carbocycles. The van der Waals surface area contributed by atoms with Gasteiger partial charge in [-0.25, -0.2) is 0 Å². The van der Waals surface area contributed by atoms with Crippen molar-refractivity contribution in [2.24, 2.45) is 11.7 Å². The molecule has 5 nitrogen and oxygen atoms in total. The zero-order valence-corrected chi connectivity index (χ0v) is 11.4. The molecular weight excluding hydrogens is 244 g/mol. The number of carboxylic acid groups (broad SMARTS) is 1. The number of amides is 1. The van der Waals surface area contributed by atoms with E-state index >= 15 is 0 Å². The summed E-state index contributed by atoms with van der Waals surface area (Å²) in [5, 5.41) is 11.8. The lowest BCUT2D eigenvalue weighted by molar-refractivity contribution is -0.137. The van der Waals surface area contributed by atoms with Gasteiger partial charge in [0.2, 0.25) is 5.91 Å². The molecule has 1 amide bonds. The second-order valence-corrected chi connectivity index (χ2v) is 6.21. The average Bonchev–Trinajstić information content (AvgIpc) is 3.11. The molecule has 19 heavy (non-hydrogen) atoms. The van der Waals surface area contributed by atoms with E-state index in [0.717, 1.165) is 38.5 Å². The topological polar surface area (TPSA) is 92.4 Å². The number of nitrogens with one attached hydrogen (secondary N) is 1. The van der Waals surface area contributed by atoms with Crippen molar-refractivity contribution in [2.75, 3.05) is 0 Å². The molecule has 5 heteroatoms. The summed E-state index contributed by atoms with van der Waals surface area (Å²) in [7, 11) is 0. The van der Waals surface area contributed by atoms with Gasteiger partial charge >= 0.3 is 5.97 Å². The third kappa shape index (κ3) is 4.49. The van der Waals surface area contributed by atoms with Gasteiger partial charge in [-0.2, -0.15) is 0 Å². The molecule has 0 radical (unpaired) electrons. The molecule has 2 aliphatic carbocycles. The number of nitrogens with two attached hydrogens (primary N) is 1. The van der Waals surface area contributed by atoms with E-state index in [9.17, 15) is 9.59 Å². The van der Waals surface area contributed by atoms with E-state index in [1.54, 1.807) is 0 Å². The molecule has 108 valence electrons. The molecule has 0 spiro atoms. The Kier molecular flexibility index (Phi) is 4.45. The maximum Gasteiger partial charge on any atom is 0.305 e. The predicted octanol–water partition coefficient (Wildman–Crippen LogP) is 1.41. The maximum atomic E-state index is 12.1. The third-order valence-electron chi connectivity index (χ3n) is 4.29. The highest BCUT2D eigenvalue weighted by atomic mass is 16.4. The van der Waals surface area contributed by atoms with Crippen LogP contribution in [0, 0.1) is 5.92 Å². The first-order valence-electron chi connectivity index (χ1n) is 7.29. The Hall–Kier alpha value is -1.10. The summed E-state index contributed by atoms with van der Waals surface area (Å²) >= 11 is 0. The number of carbonyl (C=O) groups excluding carboxylic acids is 1. The Morgan fingerprint density at radius 1 is 1.26 bits per heavy atom. The van der Waals surface area contributed by atoms with Gasteiger partial charge in [-0.05, 0) is 31.6 Å². The van der Waals surface area contributed by atoms with Crippen molar-refractivity contribution in [2.45, 2.75) is 69.4 Å². The van der Waals surface area contributed by atoms with Crippen molar-refractivity contribution in [1.29, 1.82) is 0 Å². The monoisotopic (exact) mass is 268 g/mol. The van der Waals surface area contributed by atoms with Crippen LogP contribution in [0.2, 0.25) is 0 Å². The molecule has 0 heterocycles. The summed E-state index contributed by atoms with van der Waals surface area (Å²) in [5.74, 6) is -0.583. The molecule has 0 aliphatic heterocycles. The molecule has 0 bridgehead atoms. The Balaban J connectivity index is 1.83. The summed E-state index contributed by atoms with van der Waals surface area (Å²) < 4.78 is 0. The van der Waals surface area contributed by atoms with Crippen LogP contribution in [0.25, 0.3) is 0 Å². The highest BCUT2D eigenvalue weighted by Gasteiger charge is 2.36. The number of rotatable bonds is 6. The van der Waals surface area contributed by atoms with E-state index in [0.29, 0.717) is 12.3 Å². The molecule has 0 aromatic heterocycles. The zero-order valence-electron chi connectivity index (χ0n) is 11.4. The summed E-state index contributed by atoms with van der Waals surface area (Å²) in [6.45, 7) is 0. The molecule has 2 rings (SSSR count). The molecule has 4 N–H and O–H groups in total. The maximum absolute atomic E-state index is 12.1. The highest BCUT2D eigenvalue weighted by molar-refractivity contribution is 5.78. The molecular formula is C14H24N2O3. The van der Waals surface area contributed by atoms with Gasteiger partial charge in [-0.1, -0.05) is 19.3 Å². The van der Waals surface area contributed by atoms with Crippen LogP contribution < -0.4 is 11.1 Å². The minimum absolute atomic E-state index is 0.0218. The lowest BCUT2D eigenvalue weighted by Crippen LogP contribution is -2.48. The van der Waals surface area contributed by atoms with Crippen LogP contribution in [-0.2, 0) is 9.59 Å². The quantitative estimate of drug-likeness (QED) is 0.679. The number of carboxylic acids is 1. The largest absolute Gasteiger partial charge is 0.481 e. The normalized spacial score (nSPS) is 23.6. The van der Waals surface area contributed by atoms with Crippen molar-refractivity contribution >= 4 is 11.9 Å². The van der Waals surface area contributed by atoms with E-state index < -0.39 is 5.97 Å². The van der Waals surface area contributed by atoms with Crippen molar-refractivity contribution in [3.63, 3.8) is 0 Å². The standard InChI is InChI=1S/C14H24N2O3/c15-14(6-2-1-3-7-14)9-12(17)16-11(8-13(18)19)10-4-5-10/h10-11H,1-9,15H2,(H,16,17)(H,18,19). The van der Waals surface area contributed by atoms with Gasteiger partial charge in [-0.3, -0.25) is 9.59 Å². The van der Waals surface area contributed by atoms with Gasteiger partial charge in [0.25, 0.3) is 0 Å². The first-order valence-corrected chi connectivity index (χ1v) is 7.29. The van der Waals surface area contributed by atoms with Crippen LogP contribution in [-0.4, -0.2) is 28.6 Å². The van der Waals surface area contributed by atoms with Crippen molar-refractivity contribution < 1.29 is 14.7 Å². The summed E-state index contributed by atoms with van der Waals surface area (Å²) in [4.78, 5) is 22.9. The highest BCUT2D eigenvalue weighted by Crippen LogP contribution is 2.34. The first-order chi connectivity index (χ1) is 8.98. The van der Waals surface area contributed by atoms with Crippen LogP contribution in [0.3, 0.4) is 0 Å². The Morgan fingerprint density at radius 2 is 1.89 bits per heavy atom. The first kappa shape index (κ1) is 14.3. The molecule has 0 aromatic rings. The van der Waals surface area contributed by atoms with Crippen LogP contribution in [0.15, 0.2) is 0 Å². The lowest BCUT2D eigenvalue weighted by Gasteiger charge is -2.33. The Labute approximate surface area is 113 Å². The molecule has 0 saturated heterocycles. The lowest BCUT2D eigenvalue weighted by atomic mass is 9.80. The van der Waals surface area contributed by atoms with Crippen LogP contribution in [0.4, 0.5) is 0 Å². The molecule has 2 aliphatic rings. The average molecular weight is 268 g/mol. The van der Waals surface area contributed by atoms with Crippen LogP contribution >= 0.6 is 0 Å². The Morgan fingerprint density at radius 3 is 2.42 bits per heavy atom. The van der Waals surface area contributed by atoms with Crippen LogP contribution in [0.5, 0.6) is 0 Å². The number of hydrogen-bond acceptors (Lipinski definition) is 3. The summed E-state index contributed by atoms with van der Waals surface area (Å²) in [5.41, 5.74) is 5.88. The second-order valence-electron chi connectivity index (χ2n) is 6.21. The fraction of sp³-hybridized carbons (Fsp3) is 0.857. The van der Waals surface area contributed by atoms with Gasteiger partial charge in [-0.15, -0.1) is 0 Å². The Bertz CT molecular complexity index is 347. The molecule has 0 aromatic carbocycles. The van der Waals surface area contributed by atoms with E-state index in [-0.39, 0.29) is 23.9 Å². The third-order valence-corrected chi connectivity index (χ3v) is 4.29. The fourth-order valence-electron chi connectivity index (χ4n) is 3.03. The minimum atomic E-state index is -0.850. The molecule has 1 atom stereocenters. The SMILES string of the molecule is NC1(CC(=O)NC(CC(=O)O)C2CC2)CCCCC1. The van der Waals surface area contributed by atoms with Gasteiger partial charge < -0.3 is 16.2 Å². The number of carbonyl (C=O) groups is 2. The molecule has 1 unspecified atom stereocenters. The van der Waals surface area contributed by atoms with Gasteiger partial charge in [0, 0.05) is 18.0 Å². The minimum Gasteiger partial charge on any atom is -0.481 e. The van der Waals surface area contributed by atoms with Crippen molar-refractivity contribution in [3.8, 4) is 0 Å². The second kappa shape index (κ2) is 5.90. The van der Waals surface area contributed by atoms with E-state index in [4.69, 9.17) is 10.8 Å².